The molecule has 0 bridgehead atoms. The van der Waals surface area contributed by atoms with E-state index in [-0.39, 0.29) is 29.9 Å². The first kappa shape index (κ1) is 24.9. The van der Waals surface area contributed by atoms with Gasteiger partial charge in [-0.3, -0.25) is 0 Å². The van der Waals surface area contributed by atoms with E-state index < -0.39 is 12.8 Å². The van der Waals surface area contributed by atoms with Gasteiger partial charge in [0.15, 0.2) is 12.6 Å². The lowest BCUT2D eigenvalue weighted by Crippen LogP contribution is -2.38. The summed E-state index contributed by atoms with van der Waals surface area (Å²) in [6.45, 7) is 4.98. The number of ether oxygens (including phenoxy) is 1. The molecule has 0 aliphatic rings. The number of guanidine groups is 1. The summed E-state index contributed by atoms with van der Waals surface area (Å²) in [6.07, 6.45) is -0.437. The minimum absolute atomic E-state index is 0. The average Bonchev–Trinajstić information content (AvgIpc) is 3.12. The van der Waals surface area contributed by atoms with Gasteiger partial charge in [0.05, 0.1) is 6.54 Å². The van der Waals surface area contributed by atoms with Crippen molar-refractivity contribution in [3.63, 3.8) is 0 Å². The molecule has 8 nitrogen and oxygen atoms in total. The number of aryl methyl sites for hydroxylation is 1. The van der Waals surface area contributed by atoms with E-state index in [2.05, 4.69) is 35.5 Å². The summed E-state index contributed by atoms with van der Waals surface area (Å²) in [6, 6.07) is 3.03. The number of nitrogens with zero attached hydrogens (tertiary/aromatic N) is 5. The highest BCUT2D eigenvalue weighted by Crippen LogP contribution is 2.17. The second-order valence-corrected chi connectivity index (χ2v) is 5.82. The molecule has 0 atom stereocenters. The summed E-state index contributed by atoms with van der Waals surface area (Å²) >= 11 is 0. The van der Waals surface area contributed by atoms with Gasteiger partial charge in [-0.15, -0.1) is 34.2 Å². The molecular formula is C17H25F3IN7O. The van der Waals surface area contributed by atoms with E-state index in [1.54, 1.807) is 12.4 Å². The maximum absolute atomic E-state index is 12.1. The summed E-state index contributed by atoms with van der Waals surface area (Å²) in [5.41, 5.74) is 0.753. The van der Waals surface area contributed by atoms with Crippen molar-refractivity contribution in [2.75, 3.05) is 19.7 Å². The van der Waals surface area contributed by atoms with Gasteiger partial charge in [0.2, 0.25) is 5.88 Å². The zero-order valence-electron chi connectivity index (χ0n) is 16.2. The van der Waals surface area contributed by atoms with Crippen LogP contribution >= 0.6 is 24.0 Å². The first-order chi connectivity index (χ1) is 13.4. The van der Waals surface area contributed by atoms with Crippen molar-refractivity contribution in [3.05, 3.63) is 36.0 Å². The molecule has 12 heteroatoms. The van der Waals surface area contributed by atoms with E-state index in [1.807, 2.05) is 18.4 Å². The van der Waals surface area contributed by atoms with E-state index in [0.717, 1.165) is 17.8 Å². The van der Waals surface area contributed by atoms with Crippen LogP contribution in [0.3, 0.4) is 0 Å². The number of aromatic nitrogens is 4. The number of pyridine rings is 1. The van der Waals surface area contributed by atoms with Crippen LogP contribution in [0.5, 0.6) is 5.88 Å². The third-order valence-electron chi connectivity index (χ3n) is 3.60. The van der Waals surface area contributed by atoms with Crippen LogP contribution in [0.2, 0.25) is 0 Å². The van der Waals surface area contributed by atoms with Gasteiger partial charge >= 0.3 is 6.18 Å². The van der Waals surface area contributed by atoms with Gasteiger partial charge < -0.3 is 19.9 Å². The third kappa shape index (κ3) is 9.28. The highest BCUT2D eigenvalue weighted by molar-refractivity contribution is 14.0. The molecule has 0 fully saturated rings. The van der Waals surface area contributed by atoms with E-state index in [4.69, 9.17) is 0 Å². The lowest BCUT2D eigenvalue weighted by Gasteiger charge is -2.12. The molecule has 0 radical (unpaired) electrons. The summed E-state index contributed by atoms with van der Waals surface area (Å²) in [7, 11) is 0. The number of alkyl halides is 3. The van der Waals surface area contributed by atoms with Crippen LogP contribution in [0.1, 0.15) is 25.2 Å². The molecule has 0 aromatic carbocycles. The maximum atomic E-state index is 12.1. The maximum Gasteiger partial charge on any atom is 0.422 e. The normalized spacial score (nSPS) is 11.7. The Balaban J connectivity index is 0.00000420. The Labute approximate surface area is 184 Å². The van der Waals surface area contributed by atoms with E-state index in [1.165, 1.54) is 12.3 Å². The lowest BCUT2D eigenvalue weighted by molar-refractivity contribution is -0.154. The van der Waals surface area contributed by atoms with Crippen LogP contribution in [0, 0.1) is 0 Å². The van der Waals surface area contributed by atoms with Crippen molar-refractivity contribution >= 4 is 29.9 Å². The minimum atomic E-state index is -4.39. The second kappa shape index (κ2) is 12.4. The fraction of sp³-hybridized carbons (Fsp3) is 0.529. The molecule has 0 aliphatic heterocycles. The van der Waals surface area contributed by atoms with Gasteiger partial charge in [-0.1, -0.05) is 13.0 Å². The summed E-state index contributed by atoms with van der Waals surface area (Å²) < 4.78 is 43.0. The highest BCUT2D eigenvalue weighted by atomic mass is 127. The Bertz CT molecular complexity index is 750. The molecule has 2 heterocycles. The molecule has 0 amide bonds. The number of hydrogen-bond donors (Lipinski definition) is 2. The lowest BCUT2D eigenvalue weighted by atomic mass is 10.3. The number of aliphatic imine (C=N–C) groups is 1. The van der Waals surface area contributed by atoms with Gasteiger partial charge in [0.1, 0.15) is 12.2 Å². The van der Waals surface area contributed by atoms with Gasteiger partial charge in [-0.2, -0.15) is 13.2 Å². The Kier molecular flexibility index (Phi) is 10.7. The van der Waals surface area contributed by atoms with Crippen LogP contribution in [0.25, 0.3) is 0 Å². The van der Waals surface area contributed by atoms with Gasteiger partial charge in [0.25, 0.3) is 0 Å². The smallest absolute Gasteiger partial charge is 0.422 e. The standard InChI is InChI=1S/C17H24F3N7O.HI/c1-3-14-26-25-12-27(14)8-7-22-16(21-4-2)24-10-13-5-6-15(23-9-13)28-11-17(18,19)20;/h5-6,9,12H,3-4,7-8,10-11H2,1-2H3,(H2,21,22,24);1H. The van der Waals surface area contributed by atoms with Gasteiger partial charge in [0, 0.05) is 38.3 Å². The number of rotatable bonds is 9. The highest BCUT2D eigenvalue weighted by Gasteiger charge is 2.28. The number of nitrogens with one attached hydrogen (secondary N) is 2. The van der Waals surface area contributed by atoms with Gasteiger partial charge in [-0.25, -0.2) is 9.98 Å². The van der Waals surface area contributed by atoms with E-state index in [0.29, 0.717) is 32.1 Å². The SMILES string of the molecule is CCNC(=NCc1ccc(OCC(F)(F)F)nc1)NCCn1cnnc1CC.I. The minimum Gasteiger partial charge on any atom is -0.468 e. The van der Waals surface area contributed by atoms with Crippen LogP contribution < -0.4 is 15.4 Å². The van der Waals surface area contributed by atoms with Crippen molar-refractivity contribution in [2.24, 2.45) is 4.99 Å². The monoisotopic (exact) mass is 527 g/mol. The first-order valence-electron chi connectivity index (χ1n) is 8.94. The number of hydrogen-bond acceptors (Lipinski definition) is 5. The molecule has 2 N–H and O–H groups in total. The fourth-order valence-electron chi connectivity index (χ4n) is 2.29. The molecule has 29 heavy (non-hydrogen) atoms. The zero-order chi connectivity index (χ0) is 20.4. The van der Waals surface area contributed by atoms with E-state index in [9.17, 15) is 13.2 Å². The molecule has 162 valence electrons. The Hall–Kier alpha value is -2.12. The predicted octanol–water partition coefficient (Wildman–Crippen LogP) is 2.55. The first-order valence-corrected chi connectivity index (χ1v) is 8.94. The van der Waals surface area contributed by atoms with Crippen molar-refractivity contribution in [1.29, 1.82) is 0 Å². The van der Waals surface area contributed by atoms with Crippen LogP contribution in [-0.2, 0) is 19.5 Å². The van der Waals surface area contributed by atoms with Crippen molar-refractivity contribution < 1.29 is 17.9 Å². The van der Waals surface area contributed by atoms with Crippen molar-refractivity contribution in [3.8, 4) is 5.88 Å². The molecule has 2 aromatic heterocycles. The van der Waals surface area contributed by atoms with Crippen molar-refractivity contribution in [2.45, 2.75) is 39.5 Å². The molecule has 0 aliphatic carbocycles. The molecule has 0 saturated carbocycles. The predicted molar refractivity (Wildman–Crippen MR) is 113 cm³/mol. The Morgan fingerprint density at radius 1 is 1.24 bits per heavy atom. The third-order valence-corrected chi connectivity index (χ3v) is 3.60. The molecule has 0 unspecified atom stereocenters. The average molecular weight is 527 g/mol. The molecule has 0 spiro atoms. The summed E-state index contributed by atoms with van der Waals surface area (Å²) in [5, 5.41) is 14.3. The fourth-order valence-corrected chi connectivity index (χ4v) is 2.29. The Morgan fingerprint density at radius 2 is 2.03 bits per heavy atom. The largest absolute Gasteiger partial charge is 0.468 e. The van der Waals surface area contributed by atoms with Crippen LogP contribution in [0.15, 0.2) is 29.6 Å². The molecular weight excluding hydrogens is 502 g/mol. The van der Waals surface area contributed by atoms with Crippen molar-refractivity contribution in [1.82, 2.24) is 30.4 Å². The molecule has 2 aromatic rings. The van der Waals surface area contributed by atoms with Crippen LogP contribution in [-0.4, -0.2) is 51.6 Å². The summed E-state index contributed by atoms with van der Waals surface area (Å²) in [4.78, 5) is 8.32. The second-order valence-electron chi connectivity index (χ2n) is 5.82. The number of halogens is 4. The van der Waals surface area contributed by atoms with E-state index >= 15 is 0 Å². The summed E-state index contributed by atoms with van der Waals surface area (Å²) in [5.74, 6) is 1.48. The quantitative estimate of drug-likeness (QED) is 0.296. The van der Waals surface area contributed by atoms with Gasteiger partial charge in [-0.05, 0) is 12.5 Å². The molecule has 2 rings (SSSR count). The Morgan fingerprint density at radius 3 is 2.66 bits per heavy atom. The molecule has 0 saturated heterocycles. The van der Waals surface area contributed by atoms with Crippen LogP contribution in [0.4, 0.5) is 13.2 Å². The zero-order valence-corrected chi connectivity index (χ0v) is 18.6. The topological polar surface area (TPSA) is 89.3 Å².